The van der Waals surface area contributed by atoms with Crippen LogP contribution >= 0.6 is 0 Å². The van der Waals surface area contributed by atoms with E-state index in [4.69, 9.17) is 5.26 Å². The molecule has 86 valence electrons. The van der Waals surface area contributed by atoms with Crippen molar-refractivity contribution in [3.8, 4) is 6.07 Å². The Balaban J connectivity index is 2.30. The Labute approximate surface area is 93.5 Å². The van der Waals surface area contributed by atoms with Gasteiger partial charge in [0.1, 0.15) is 6.04 Å². The molecule has 0 aromatic heterocycles. The molecule has 0 bridgehead atoms. The van der Waals surface area contributed by atoms with Crippen LogP contribution in [0, 0.1) is 17.2 Å². The van der Waals surface area contributed by atoms with E-state index in [-0.39, 0.29) is 6.04 Å². The number of hydrogen-bond donors (Lipinski definition) is 1. The Hall–Kier alpha value is -0.590. The third kappa shape index (κ3) is 4.63. The van der Waals surface area contributed by atoms with Crippen LogP contribution < -0.4 is 5.32 Å². The molecule has 1 aliphatic rings. The monoisotopic (exact) mass is 209 g/mol. The average Bonchev–Trinajstić information content (AvgIpc) is 2.19. The molecule has 1 unspecified atom stereocenters. The molecular weight excluding hydrogens is 186 g/mol. The zero-order chi connectivity index (χ0) is 11.3. The standard InChI is InChI=1S/C12H23N3/c1-10(2)14-12(8-13)9-15-6-4-11(3)5-7-15/h10-12,14H,4-7,9H2,1-3H3. The molecule has 0 amide bonds. The van der Waals surface area contributed by atoms with E-state index in [2.05, 4.69) is 37.1 Å². The van der Waals surface area contributed by atoms with E-state index in [0.717, 1.165) is 25.6 Å². The molecule has 1 heterocycles. The Morgan fingerprint density at radius 1 is 1.40 bits per heavy atom. The van der Waals surface area contributed by atoms with Crippen LogP contribution in [0.2, 0.25) is 0 Å². The Bertz CT molecular complexity index is 211. The second-order valence-corrected chi connectivity index (χ2v) is 4.99. The summed E-state index contributed by atoms with van der Waals surface area (Å²) >= 11 is 0. The predicted octanol–water partition coefficient (Wildman–Crippen LogP) is 1.61. The maximum Gasteiger partial charge on any atom is 0.108 e. The van der Waals surface area contributed by atoms with Gasteiger partial charge >= 0.3 is 0 Å². The normalized spacial score (nSPS) is 21.5. The molecule has 1 saturated heterocycles. The van der Waals surface area contributed by atoms with Crippen molar-refractivity contribution in [1.82, 2.24) is 10.2 Å². The summed E-state index contributed by atoms with van der Waals surface area (Å²) in [7, 11) is 0. The number of hydrogen-bond acceptors (Lipinski definition) is 3. The van der Waals surface area contributed by atoms with Crippen LogP contribution in [0.3, 0.4) is 0 Å². The lowest BCUT2D eigenvalue weighted by Gasteiger charge is -2.31. The van der Waals surface area contributed by atoms with Crippen LogP contribution in [-0.4, -0.2) is 36.6 Å². The molecule has 1 aliphatic heterocycles. The summed E-state index contributed by atoms with van der Waals surface area (Å²) in [4.78, 5) is 2.41. The number of nitriles is 1. The molecule has 0 radical (unpaired) electrons. The van der Waals surface area contributed by atoms with Crippen molar-refractivity contribution >= 4 is 0 Å². The molecule has 0 spiro atoms. The van der Waals surface area contributed by atoms with Gasteiger partial charge in [0.15, 0.2) is 0 Å². The van der Waals surface area contributed by atoms with Gasteiger partial charge in [-0.15, -0.1) is 0 Å². The average molecular weight is 209 g/mol. The fourth-order valence-corrected chi connectivity index (χ4v) is 2.04. The lowest BCUT2D eigenvalue weighted by atomic mass is 9.99. The summed E-state index contributed by atoms with van der Waals surface area (Å²) in [6, 6.07) is 2.71. The van der Waals surface area contributed by atoms with Crippen LogP contribution in [0.1, 0.15) is 33.6 Å². The van der Waals surface area contributed by atoms with E-state index in [9.17, 15) is 0 Å². The van der Waals surface area contributed by atoms with Crippen LogP contribution in [-0.2, 0) is 0 Å². The van der Waals surface area contributed by atoms with E-state index >= 15 is 0 Å². The summed E-state index contributed by atoms with van der Waals surface area (Å²) in [5, 5.41) is 12.3. The number of nitrogens with zero attached hydrogens (tertiary/aromatic N) is 2. The number of nitrogens with one attached hydrogen (secondary N) is 1. The molecular formula is C12H23N3. The molecule has 0 aliphatic carbocycles. The maximum atomic E-state index is 9.02. The van der Waals surface area contributed by atoms with Crippen LogP contribution in [0.5, 0.6) is 0 Å². The summed E-state index contributed by atoms with van der Waals surface area (Å²) in [6.45, 7) is 9.66. The van der Waals surface area contributed by atoms with E-state index in [1.807, 2.05) is 0 Å². The topological polar surface area (TPSA) is 39.1 Å². The van der Waals surface area contributed by atoms with Gasteiger partial charge in [-0.2, -0.15) is 5.26 Å². The second kappa shape index (κ2) is 6.09. The zero-order valence-corrected chi connectivity index (χ0v) is 10.2. The highest BCUT2D eigenvalue weighted by Gasteiger charge is 2.19. The highest BCUT2D eigenvalue weighted by Crippen LogP contribution is 2.15. The largest absolute Gasteiger partial charge is 0.301 e. The molecule has 1 atom stereocenters. The first-order valence-corrected chi connectivity index (χ1v) is 6.00. The molecule has 3 nitrogen and oxygen atoms in total. The van der Waals surface area contributed by atoms with E-state index in [0.29, 0.717) is 6.04 Å². The van der Waals surface area contributed by atoms with Gasteiger partial charge in [0.2, 0.25) is 0 Å². The van der Waals surface area contributed by atoms with E-state index in [1.165, 1.54) is 12.8 Å². The van der Waals surface area contributed by atoms with Crippen LogP contribution in [0.15, 0.2) is 0 Å². The molecule has 0 saturated carbocycles. The highest BCUT2D eigenvalue weighted by molar-refractivity contribution is 4.93. The number of piperidine rings is 1. The third-order valence-electron chi connectivity index (χ3n) is 3.01. The summed E-state index contributed by atoms with van der Waals surface area (Å²) in [5.41, 5.74) is 0. The fourth-order valence-electron chi connectivity index (χ4n) is 2.04. The van der Waals surface area contributed by atoms with Gasteiger partial charge in [0.25, 0.3) is 0 Å². The van der Waals surface area contributed by atoms with Crippen molar-refractivity contribution in [3.05, 3.63) is 0 Å². The summed E-state index contributed by atoms with van der Waals surface area (Å²) < 4.78 is 0. The lowest BCUT2D eigenvalue weighted by molar-refractivity contribution is 0.182. The fraction of sp³-hybridized carbons (Fsp3) is 0.917. The number of rotatable bonds is 4. The third-order valence-corrected chi connectivity index (χ3v) is 3.01. The van der Waals surface area contributed by atoms with Gasteiger partial charge in [-0.25, -0.2) is 0 Å². The highest BCUT2D eigenvalue weighted by atomic mass is 15.2. The van der Waals surface area contributed by atoms with Crippen molar-refractivity contribution in [3.63, 3.8) is 0 Å². The minimum Gasteiger partial charge on any atom is -0.301 e. The quantitative estimate of drug-likeness (QED) is 0.764. The van der Waals surface area contributed by atoms with Crippen molar-refractivity contribution in [2.24, 2.45) is 5.92 Å². The van der Waals surface area contributed by atoms with Gasteiger partial charge in [-0.3, -0.25) is 5.32 Å². The van der Waals surface area contributed by atoms with Gasteiger partial charge in [0, 0.05) is 12.6 Å². The Kier molecular flexibility index (Phi) is 5.07. The van der Waals surface area contributed by atoms with Gasteiger partial charge in [0.05, 0.1) is 6.07 Å². The van der Waals surface area contributed by atoms with Gasteiger partial charge in [-0.05, 0) is 45.7 Å². The Morgan fingerprint density at radius 3 is 2.47 bits per heavy atom. The van der Waals surface area contributed by atoms with Crippen molar-refractivity contribution in [2.45, 2.75) is 45.7 Å². The smallest absolute Gasteiger partial charge is 0.108 e. The van der Waals surface area contributed by atoms with Crippen LogP contribution in [0.4, 0.5) is 0 Å². The minimum absolute atomic E-state index is 0.0154. The van der Waals surface area contributed by atoms with Crippen molar-refractivity contribution in [2.75, 3.05) is 19.6 Å². The molecule has 1 N–H and O–H groups in total. The first kappa shape index (κ1) is 12.5. The second-order valence-electron chi connectivity index (χ2n) is 4.99. The van der Waals surface area contributed by atoms with Gasteiger partial charge < -0.3 is 4.90 Å². The first-order chi connectivity index (χ1) is 7.11. The van der Waals surface area contributed by atoms with Crippen LogP contribution in [0.25, 0.3) is 0 Å². The Morgan fingerprint density at radius 2 is 2.00 bits per heavy atom. The molecule has 1 fully saturated rings. The van der Waals surface area contributed by atoms with E-state index in [1.54, 1.807) is 0 Å². The lowest BCUT2D eigenvalue weighted by Crippen LogP contribution is -2.45. The zero-order valence-electron chi connectivity index (χ0n) is 10.2. The predicted molar refractivity (Wildman–Crippen MR) is 62.5 cm³/mol. The molecule has 1 rings (SSSR count). The van der Waals surface area contributed by atoms with E-state index < -0.39 is 0 Å². The minimum atomic E-state index is -0.0154. The molecule has 0 aromatic rings. The van der Waals surface area contributed by atoms with Crippen molar-refractivity contribution in [1.29, 1.82) is 5.26 Å². The SMILES string of the molecule is CC1CCN(CC(C#N)NC(C)C)CC1. The first-order valence-electron chi connectivity index (χ1n) is 6.00. The molecule has 0 aromatic carbocycles. The summed E-state index contributed by atoms with van der Waals surface area (Å²) in [5.74, 6) is 0.861. The van der Waals surface area contributed by atoms with Gasteiger partial charge in [-0.1, -0.05) is 6.92 Å². The number of likely N-dealkylation sites (tertiary alicyclic amines) is 1. The maximum absolute atomic E-state index is 9.02. The van der Waals surface area contributed by atoms with Crippen molar-refractivity contribution < 1.29 is 0 Å². The molecule has 15 heavy (non-hydrogen) atoms. The summed E-state index contributed by atoms with van der Waals surface area (Å²) in [6.07, 6.45) is 2.56. The molecule has 3 heteroatoms.